The van der Waals surface area contributed by atoms with Gasteiger partial charge in [-0.15, -0.1) is 0 Å². The predicted octanol–water partition coefficient (Wildman–Crippen LogP) is 2.35. The highest BCUT2D eigenvalue weighted by Crippen LogP contribution is 2.36. The first-order valence-electron chi connectivity index (χ1n) is 8.07. The number of fused-ring (bicyclic) bond motifs is 2. The van der Waals surface area contributed by atoms with Crippen LogP contribution in [0, 0.1) is 0 Å². The van der Waals surface area contributed by atoms with E-state index in [0.717, 1.165) is 5.56 Å². The second-order valence-electron chi connectivity index (χ2n) is 6.36. The Morgan fingerprint density at radius 1 is 1.15 bits per heavy atom. The molecule has 0 aliphatic carbocycles. The van der Waals surface area contributed by atoms with Crippen molar-refractivity contribution in [2.75, 3.05) is 17.4 Å². The molecule has 0 N–H and O–H groups in total. The van der Waals surface area contributed by atoms with Gasteiger partial charge in [0.1, 0.15) is 5.75 Å². The third-order valence-corrected chi connectivity index (χ3v) is 5.65. The zero-order chi connectivity index (χ0) is 18.5. The smallest absolute Gasteiger partial charge is 0.343 e. The maximum Gasteiger partial charge on any atom is 0.343 e. The number of anilines is 1. The molecule has 0 bridgehead atoms. The summed E-state index contributed by atoms with van der Waals surface area (Å²) in [5, 5.41) is 0. The number of hydrogen-bond acceptors (Lipinski definition) is 6. The number of nitrogens with zero attached hydrogens (tertiary/aromatic N) is 1. The van der Waals surface area contributed by atoms with Crippen LogP contribution in [0.2, 0.25) is 0 Å². The Bertz CT molecular complexity index is 1000. The predicted molar refractivity (Wildman–Crippen MR) is 94.5 cm³/mol. The van der Waals surface area contributed by atoms with Crippen LogP contribution >= 0.6 is 0 Å². The van der Waals surface area contributed by atoms with Crippen molar-refractivity contribution >= 4 is 21.7 Å². The van der Waals surface area contributed by atoms with Gasteiger partial charge in [-0.05, 0) is 49.2 Å². The summed E-state index contributed by atoms with van der Waals surface area (Å²) in [6.45, 7) is 1.98. The molecule has 0 unspecified atom stereocenters. The van der Waals surface area contributed by atoms with Gasteiger partial charge < -0.3 is 14.2 Å². The van der Waals surface area contributed by atoms with Crippen LogP contribution in [0.3, 0.4) is 0 Å². The van der Waals surface area contributed by atoms with Gasteiger partial charge in [-0.25, -0.2) is 13.2 Å². The van der Waals surface area contributed by atoms with Crippen LogP contribution in [0.1, 0.15) is 22.8 Å². The zero-order valence-corrected chi connectivity index (χ0v) is 15.1. The third-order valence-electron chi connectivity index (χ3n) is 4.38. The Morgan fingerprint density at radius 3 is 2.69 bits per heavy atom. The molecule has 1 atom stereocenters. The van der Waals surface area contributed by atoms with Crippen LogP contribution in [0.25, 0.3) is 0 Å². The summed E-state index contributed by atoms with van der Waals surface area (Å²) in [7, 11) is -3.36. The standard InChI is InChI=1S/C18H17NO6S/c1-11-7-13-8-12(3-5-15(13)19(11)26(2,21)22)18(20)25-14-4-6-16-17(9-14)24-10-23-16/h3-6,8-9,11H,7,10H2,1-2H3/t11-/m0/s1. The molecule has 0 spiro atoms. The Morgan fingerprint density at radius 2 is 1.92 bits per heavy atom. The summed E-state index contributed by atoms with van der Waals surface area (Å²) in [6, 6.07) is 9.64. The fourth-order valence-corrected chi connectivity index (χ4v) is 4.61. The molecule has 2 aliphatic rings. The van der Waals surface area contributed by atoms with Crippen LogP contribution < -0.4 is 18.5 Å². The first-order chi connectivity index (χ1) is 12.3. The maximum atomic E-state index is 12.4. The summed E-state index contributed by atoms with van der Waals surface area (Å²) in [5.74, 6) is 0.974. The lowest BCUT2D eigenvalue weighted by molar-refractivity contribution is 0.0734. The normalized spacial score (nSPS) is 17.9. The van der Waals surface area contributed by atoms with Crippen molar-refractivity contribution in [3.63, 3.8) is 0 Å². The number of hydrogen-bond donors (Lipinski definition) is 0. The molecule has 0 fully saturated rings. The van der Waals surface area contributed by atoms with Crippen molar-refractivity contribution in [1.82, 2.24) is 0 Å². The lowest BCUT2D eigenvalue weighted by Crippen LogP contribution is -2.34. The van der Waals surface area contributed by atoms with Gasteiger partial charge in [-0.1, -0.05) is 0 Å². The minimum absolute atomic E-state index is 0.145. The van der Waals surface area contributed by atoms with Crippen molar-refractivity contribution < 1.29 is 27.4 Å². The minimum atomic E-state index is -3.36. The molecule has 2 heterocycles. The monoisotopic (exact) mass is 375 g/mol. The number of sulfonamides is 1. The van der Waals surface area contributed by atoms with Gasteiger partial charge in [-0.2, -0.15) is 0 Å². The van der Waals surface area contributed by atoms with Crippen molar-refractivity contribution in [2.45, 2.75) is 19.4 Å². The largest absolute Gasteiger partial charge is 0.454 e. The summed E-state index contributed by atoms with van der Waals surface area (Å²) >= 11 is 0. The summed E-state index contributed by atoms with van der Waals surface area (Å²) in [4.78, 5) is 12.4. The van der Waals surface area contributed by atoms with E-state index in [4.69, 9.17) is 14.2 Å². The fraction of sp³-hybridized carbons (Fsp3) is 0.278. The van der Waals surface area contributed by atoms with E-state index in [0.29, 0.717) is 34.9 Å². The van der Waals surface area contributed by atoms with E-state index in [1.807, 2.05) is 6.92 Å². The molecule has 26 heavy (non-hydrogen) atoms. The molecule has 0 radical (unpaired) electrons. The number of esters is 1. The molecule has 0 saturated heterocycles. The average molecular weight is 375 g/mol. The number of ether oxygens (including phenoxy) is 3. The van der Waals surface area contributed by atoms with Crippen LogP contribution in [0.15, 0.2) is 36.4 Å². The van der Waals surface area contributed by atoms with E-state index in [1.54, 1.807) is 36.4 Å². The quantitative estimate of drug-likeness (QED) is 0.605. The Hall–Kier alpha value is -2.74. The van der Waals surface area contributed by atoms with Crippen molar-refractivity contribution in [1.29, 1.82) is 0 Å². The molecule has 8 heteroatoms. The Kier molecular flexibility index (Phi) is 3.80. The second kappa shape index (κ2) is 5.91. The molecule has 2 aliphatic heterocycles. The molecule has 0 aromatic heterocycles. The molecule has 4 rings (SSSR count). The lowest BCUT2D eigenvalue weighted by atomic mass is 10.1. The maximum absolute atomic E-state index is 12.4. The van der Waals surface area contributed by atoms with E-state index in [-0.39, 0.29) is 12.8 Å². The highest BCUT2D eigenvalue weighted by atomic mass is 32.2. The average Bonchev–Trinajstić information content (AvgIpc) is 3.15. The molecular weight excluding hydrogens is 358 g/mol. The minimum Gasteiger partial charge on any atom is -0.454 e. The molecular formula is C18H17NO6S. The topological polar surface area (TPSA) is 82.1 Å². The van der Waals surface area contributed by atoms with Crippen molar-refractivity contribution in [3.05, 3.63) is 47.5 Å². The number of rotatable bonds is 3. The molecule has 0 amide bonds. The first kappa shape index (κ1) is 16.7. The van der Waals surface area contributed by atoms with Gasteiger partial charge >= 0.3 is 5.97 Å². The van der Waals surface area contributed by atoms with Gasteiger partial charge in [0.15, 0.2) is 11.5 Å². The number of benzene rings is 2. The molecule has 7 nitrogen and oxygen atoms in total. The van der Waals surface area contributed by atoms with E-state index >= 15 is 0 Å². The fourth-order valence-electron chi connectivity index (χ4n) is 3.34. The lowest BCUT2D eigenvalue weighted by Gasteiger charge is -2.21. The summed E-state index contributed by atoms with van der Waals surface area (Å²) in [6.07, 6.45) is 1.73. The SMILES string of the molecule is C[C@H]1Cc2cc(C(=O)Oc3ccc4c(c3)OCO4)ccc2N1S(C)(=O)=O. The number of carbonyl (C=O) groups is 1. The van der Waals surface area contributed by atoms with Gasteiger partial charge in [0.05, 0.1) is 17.5 Å². The molecule has 136 valence electrons. The number of carbonyl (C=O) groups excluding carboxylic acids is 1. The van der Waals surface area contributed by atoms with Crippen LogP contribution in [0.5, 0.6) is 17.2 Å². The molecule has 2 aromatic rings. The van der Waals surface area contributed by atoms with Crippen LogP contribution in [-0.2, 0) is 16.4 Å². The van der Waals surface area contributed by atoms with Crippen LogP contribution in [0.4, 0.5) is 5.69 Å². The zero-order valence-electron chi connectivity index (χ0n) is 14.3. The van der Waals surface area contributed by atoms with Crippen molar-refractivity contribution in [3.8, 4) is 17.2 Å². The van der Waals surface area contributed by atoms with E-state index < -0.39 is 16.0 Å². The van der Waals surface area contributed by atoms with E-state index in [9.17, 15) is 13.2 Å². The summed E-state index contributed by atoms with van der Waals surface area (Å²) in [5.41, 5.74) is 1.78. The summed E-state index contributed by atoms with van der Waals surface area (Å²) < 4.78 is 41.2. The second-order valence-corrected chi connectivity index (χ2v) is 8.22. The van der Waals surface area contributed by atoms with Gasteiger partial charge in [-0.3, -0.25) is 4.31 Å². The van der Waals surface area contributed by atoms with Gasteiger partial charge in [0.2, 0.25) is 16.8 Å². The van der Waals surface area contributed by atoms with Gasteiger partial charge in [0, 0.05) is 12.1 Å². The highest BCUT2D eigenvalue weighted by Gasteiger charge is 2.33. The van der Waals surface area contributed by atoms with E-state index in [2.05, 4.69) is 0 Å². The molecule has 0 saturated carbocycles. The Labute approximate surface area is 151 Å². The Balaban J connectivity index is 1.58. The van der Waals surface area contributed by atoms with Crippen molar-refractivity contribution in [2.24, 2.45) is 0 Å². The van der Waals surface area contributed by atoms with Crippen LogP contribution in [-0.4, -0.2) is 33.5 Å². The van der Waals surface area contributed by atoms with E-state index in [1.165, 1.54) is 10.6 Å². The molecule has 2 aromatic carbocycles. The van der Waals surface area contributed by atoms with Gasteiger partial charge in [0.25, 0.3) is 0 Å². The third kappa shape index (κ3) is 2.86. The first-order valence-corrected chi connectivity index (χ1v) is 9.92. The highest BCUT2D eigenvalue weighted by molar-refractivity contribution is 7.92.